The lowest BCUT2D eigenvalue weighted by Crippen LogP contribution is -2.65. The minimum absolute atomic E-state index is 0.0131. The van der Waals surface area contributed by atoms with Crippen molar-refractivity contribution in [3.8, 4) is 0 Å². The maximum absolute atomic E-state index is 13.1. The number of ether oxygens (including phenoxy) is 6. The fraction of sp³-hybridized carbons (Fsp3) is 0.727. The molecule has 1 aliphatic rings. The number of hydrogen-bond donors (Lipinski definition) is 2. The first-order valence-electron chi connectivity index (χ1n) is 11.1. The van der Waals surface area contributed by atoms with Crippen molar-refractivity contribution in [1.82, 2.24) is 0 Å². The molecule has 0 saturated carbocycles. The lowest BCUT2D eigenvalue weighted by atomic mass is 9.88. The summed E-state index contributed by atoms with van der Waals surface area (Å²) in [5.41, 5.74) is 0. The van der Waals surface area contributed by atoms with Gasteiger partial charge in [-0.1, -0.05) is 0 Å². The maximum atomic E-state index is 13.1. The predicted octanol–water partition coefficient (Wildman–Crippen LogP) is -1.40. The molecular weight excluding hydrogens is 488 g/mol. The van der Waals surface area contributed by atoms with E-state index in [1.54, 1.807) is 0 Å². The third-order valence-corrected chi connectivity index (χ3v) is 4.95. The summed E-state index contributed by atoms with van der Waals surface area (Å²) in [6.07, 6.45) is -10.5. The van der Waals surface area contributed by atoms with Gasteiger partial charge in [-0.15, -0.1) is 0 Å². The normalized spacial score (nSPS) is 25.0. The molecule has 1 saturated heterocycles. The smallest absolute Gasteiger partial charge is 0.311 e. The van der Waals surface area contributed by atoms with Gasteiger partial charge in [0.25, 0.3) is 0 Å². The van der Waals surface area contributed by atoms with Gasteiger partial charge >= 0.3 is 29.8 Å². The zero-order valence-electron chi connectivity index (χ0n) is 20.7. The first-order valence-corrected chi connectivity index (χ1v) is 11.1. The summed E-state index contributed by atoms with van der Waals surface area (Å²) in [6, 6.07) is 0. The third kappa shape index (κ3) is 9.17. The van der Waals surface area contributed by atoms with Crippen molar-refractivity contribution < 1.29 is 67.4 Å². The fourth-order valence-electron chi connectivity index (χ4n) is 3.54. The van der Waals surface area contributed by atoms with Crippen molar-refractivity contribution in [3.05, 3.63) is 0 Å². The zero-order valence-corrected chi connectivity index (χ0v) is 20.7. The van der Waals surface area contributed by atoms with E-state index in [2.05, 4.69) is 0 Å². The molecule has 1 aliphatic heterocycles. The Morgan fingerprint density at radius 1 is 0.861 bits per heavy atom. The van der Waals surface area contributed by atoms with E-state index in [1.165, 1.54) is 6.92 Å². The number of aliphatic hydroxyl groups excluding tert-OH is 2. The molecule has 0 spiro atoms. The van der Waals surface area contributed by atoms with E-state index in [0.29, 0.717) is 0 Å². The van der Waals surface area contributed by atoms with E-state index < -0.39 is 97.8 Å². The molecule has 0 bridgehead atoms. The second-order valence-electron chi connectivity index (χ2n) is 7.91. The van der Waals surface area contributed by atoms with Gasteiger partial charge in [-0.05, 0) is 6.92 Å². The molecule has 0 aromatic rings. The van der Waals surface area contributed by atoms with Crippen LogP contribution in [0.3, 0.4) is 0 Å². The van der Waals surface area contributed by atoms with Crippen LogP contribution in [0.15, 0.2) is 0 Å². The molecule has 1 rings (SSSR count). The van der Waals surface area contributed by atoms with Gasteiger partial charge in [-0.25, -0.2) is 0 Å². The SMILES string of the molecule is CCOC(=O)[C@@H](CO)CC(=O)C(OC(C)=O)C1O[C@H](COC(C)=O)[C@@H](OC(C)=O)[C@H](OC(C)=O)[C@H]1O. The van der Waals surface area contributed by atoms with Crippen LogP contribution in [0, 0.1) is 5.92 Å². The number of Topliss-reactive ketones (excluding diaryl/α,β-unsaturated/α-hetero) is 1. The number of ketones is 1. The fourth-order valence-corrected chi connectivity index (χ4v) is 3.54. The Balaban J connectivity index is 3.41. The Morgan fingerprint density at radius 3 is 1.92 bits per heavy atom. The van der Waals surface area contributed by atoms with Crippen molar-refractivity contribution in [2.75, 3.05) is 19.8 Å². The summed E-state index contributed by atoms with van der Waals surface area (Å²) in [5.74, 6) is -6.52. The van der Waals surface area contributed by atoms with E-state index in [0.717, 1.165) is 27.7 Å². The number of rotatable bonds is 12. The van der Waals surface area contributed by atoms with E-state index in [-0.39, 0.29) is 6.61 Å². The molecule has 36 heavy (non-hydrogen) atoms. The number of aliphatic hydroxyl groups is 2. The quantitative estimate of drug-likeness (QED) is 0.225. The average molecular weight is 520 g/mol. The molecule has 7 atom stereocenters. The minimum Gasteiger partial charge on any atom is -0.466 e. The van der Waals surface area contributed by atoms with Crippen LogP contribution in [0.5, 0.6) is 0 Å². The van der Waals surface area contributed by atoms with E-state index in [1.807, 2.05) is 0 Å². The molecule has 14 nitrogen and oxygen atoms in total. The lowest BCUT2D eigenvalue weighted by molar-refractivity contribution is -0.261. The van der Waals surface area contributed by atoms with Gasteiger partial charge in [0.05, 0.1) is 19.1 Å². The Hall–Kier alpha value is -3.10. The Kier molecular flexibility index (Phi) is 12.4. The monoisotopic (exact) mass is 520 g/mol. The van der Waals surface area contributed by atoms with Crippen LogP contribution in [0.1, 0.15) is 41.0 Å². The highest BCUT2D eigenvalue weighted by Gasteiger charge is 2.54. The summed E-state index contributed by atoms with van der Waals surface area (Å²) < 4.78 is 30.8. The lowest BCUT2D eigenvalue weighted by Gasteiger charge is -2.44. The van der Waals surface area contributed by atoms with Gasteiger partial charge in [-0.3, -0.25) is 28.8 Å². The van der Waals surface area contributed by atoms with Crippen LogP contribution in [0.25, 0.3) is 0 Å². The van der Waals surface area contributed by atoms with Crippen LogP contribution in [-0.4, -0.2) is 102 Å². The predicted molar refractivity (Wildman–Crippen MR) is 115 cm³/mol. The van der Waals surface area contributed by atoms with Crippen molar-refractivity contribution >= 4 is 35.6 Å². The molecule has 1 heterocycles. The summed E-state index contributed by atoms with van der Waals surface area (Å²) >= 11 is 0. The summed E-state index contributed by atoms with van der Waals surface area (Å²) in [4.78, 5) is 71.7. The number of carbonyl (C=O) groups excluding carboxylic acids is 6. The third-order valence-electron chi connectivity index (χ3n) is 4.95. The van der Waals surface area contributed by atoms with Gasteiger partial charge in [0.15, 0.2) is 24.1 Å². The van der Waals surface area contributed by atoms with Crippen LogP contribution in [-0.2, 0) is 57.2 Å². The van der Waals surface area contributed by atoms with Gasteiger partial charge in [0.2, 0.25) is 0 Å². The molecular formula is C22H32O14. The zero-order chi connectivity index (χ0) is 27.6. The molecule has 2 unspecified atom stereocenters. The van der Waals surface area contributed by atoms with Crippen LogP contribution < -0.4 is 0 Å². The summed E-state index contributed by atoms with van der Waals surface area (Å²) in [6.45, 7) is 4.34. The standard InChI is InChI=1S/C22H32O14/c1-6-31-22(30)14(8-23)7-15(28)18(33-11(3)25)20-17(29)21(35-13(5)27)19(34-12(4)26)16(36-20)9-32-10(2)24/h14,16-21,23,29H,6-9H2,1-5H3/t14-,16-,17+,18?,19-,20?,21-/m1/s1. The van der Waals surface area contributed by atoms with Crippen molar-refractivity contribution in [2.24, 2.45) is 5.92 Å². The molecule has 0 aliphatic carbocycles. The molecule has 0 radical (unpaired) electrons. The van der Waals surface area contributed by atoms with Crippen LogP contribution >= 0.6 is 0 Å². The number of carbonyl (C=O) groups is 6. The minimum atomic E-state index is -1.88. The maximum Gasteiger partial charge on any atom is 0.311 e. The Bertz CT molecular complexity index is 824. The van der Waals surface area contributed by atoms with E-state index in [4.69, 9.17) is 28.4 Å². The Labute approximate surface area is 207 Å². The van der Waals surface area contributed by atoms with Crippen LogP contribution in [0.2, 0.25) is 0 Å². The van der Waals surface area contributed by atoms with Crippen molar-refractivity contribution in [2.45, 2.75) is 77.7 Å². The first-order chi connectivity index (χ1) is 16.8. The highest BCUT2D eigenvalue weighted by Crippen LogP contribution is 2.30. The molecule has 0 aromatic carbocycles. The first kappa shape index (κ1) is 30.9. The highest BCUT2D eigenvalue weighted by atomic mass is 16.6. The number of esters is 5. The summed E-state index contributed by atoms with van der Waals surface area (Å²) in [7, 11) is 0. The highest BCUT2D eigenvalue weighted by molar-refractivity contribution is 5.89. The molecule has 0 amide bonds. The number of hydrogen-bond acceptors (Lipinski definition) is 14. The van der Waals surface area contributed by atoms with Crippen molar-refractivity contribution in [1.29, 1.82) is 0 Å². The molecule has 204 valence electrons. The molecule has 2 N–H and O–H groups in total. The summed E-state index contributed by atoms with van der Waals surface area (Å²) in [5, 5.41) is 20.5. The Morgan fingerprint density at radius 2 is 1.44 bits per heavy atom. The largest absolute Gasteiger partial charge is 0.466 e. The second-order valence-corrected chi connectivity index (χ2v) is 7.91. The van der Waals surface area contributed by atoms with E-state index in [9.17, 15) is 39.0 Å². The molecule has 1 fully saturated rings. The van der Waals surface area contributed by atoms with Crippen molar-refractivity contribution in [3.63, 3.8) is 0 Å². The second kappa shape index (κ2) is 14.5. The van der Waals surface area contributed by atoms with E-state index >= 15 is 0 Å². The van der Waals surface area contributed by atoms with Crippen LogP contribution in [0.4, 0.5) is 0 Å². The van der Waals surface area contributed by atoms with Gasteiger partial charge in [0, 0.05) is 34.1 Å². The average Bonchev–Trinajstić information content (AvgIpc) is 2.77. The van der Waals surface area contributed by atoms with Gasteiger partial charge in [0.1, 0.15) is 24.9 Å². The van der Waals surface area contributed by atoms with Gasteiger partial charge in [-0.2, -0.15) is 0 Å². The van der Waals surface area contributed by atoms with Gasteiger partial charge < -0.3 is 38.6 Å². The molecule has 14 heteroatoms. The topological polar surface area (TPSA) is 198 Å². The molecule has 0 aromatic heterocycles.